The number of hydrogen-bond acceptors (Lipinski definition) is 4. The molecule has 30 heavy (non-hydrogen) atoms. The molecule has 4 rings (SSSR count). The summed E-state index contributed by atoms with van der Waals surface area (Å²) in [6, 6.07) is 24.5. The number of nitrogens with two attached hydrogens (primary N) is 2. The van der Waals surface area contributed by atoms with Crippen molar-refractivity contribution in [3.63, 3.8) is 0 Å². The number of primary amides is 1. The lowest BCUT2D eigenvalue weighted by Crippen LogP contribution is -2.30. The Bertz CT molecular complexity index is 1190. The first-order valence-corrected chi connectivity index (χ1v) is 9.49. The van der Waals surface area contributed by atoms with Crippen LogP contribution in [-0.4, -0.2) is 17.0 Å². The van der Waals surface area contributed by atoms with E-state index in [1.54, 1.807) is 12.1 Å². The summed E-state index contributed by atoms with van der Waals surface area (Å²) in [7, 11) is 0. The van der Waals surface area contributed by atoms with Gasteiger partial charge in [0.1, 0.15) is 0 Å². The smallest absolute Gasteiger partial charge is 0.228 e. The van der Waals surface area contributed by atoms with E-state index in [-0.39, 0.29) is 17.7 Å². The molecule has 3 aromatic carbocycles. The zero-order chi connectivity index (χ0) is 21.3. The second-order valence-corrected chi connectivity index (χ2v) is 7.44. The zero-order valence-electron chi connectivity index (χ0n) is 16.1. The largest absolute Gasteiger partial charge is 0.409 e. The maximum Gasteiger partial charge on any atom is 0.228 e. The molecule has 1 aliphatic rings. The predicted octanol–water partition coefficient (Wildman–Crippen LogP) is 3.23. The highest BCUT2D eigenvalue weighted by molar-refractivity contribution is 5.97. The third-order valence-corrected chi connectivity index (χ3v) is 5.85. The average molecular weight is 396 g/mol. The van der Waals surface area contributed by atoms with Crippen LogP contribution in [0.1, 0.15) is 34.6 Å². The summed E-state index contributed by atoms with van der Waals surface area (Å²) in [6.07, 6.45) is 0.593. The molecule has 1 fully saturated rings. The van der Waals surface area contributed by atoms with E-state index >= 15 is 0 Å². The molecule has 0 radical (unpaired) electrons. The molecule has 1 aliphatic carbocycles. The molecule has 0 saturated heterocycles. The van der Waals surface area contributed by atoms with Crippen molar-refractivity contribution in [3.8, 4) is 17.2 Å². The Morgan fingerprint density at radius 1 is 1.07 bits per heavy atom. The van der Waals surface area contributed by atoms with Gasteiger partial charge in [0, 0.05) is 11.5 Å². The van der Waals surface area contributed by atoms with Crippen LogP contribution >= 0.6 is 0 Å². The van der Waals surface area contributed by atoms with Crippen LogP contribution in [-0.2, 0) is 10.2 Å². The van der Waals surface area contributed by atoms with Crippen molar-refractivity contribution in [2.45, 2.75) is 17.8 Å². The number of carbonyl (C=O) groups excluding carboxylic acids is 1. The number of carbonyl (C=O) groups is 1. The van der Waals surface area contributed by atoms with Crippen LogP contribution in [0.2, 0.25) is 0 Å². The number of benzene rings is 3. The van der Waals surface area contributed by atoms with Crippen molar-refractivity contribution < 1.29 is 10.0 Å². The van der Waals surface area contributed by atoms with Gasteiger partial charge in [-0.25, -0.2) is 0 Å². The SMILES string of the molecule is N#Cc1ccccc1-c1ccc(C2(C(N)=O)CC2c2cccc(C(N)=NO)c2)cc1. The Hall–Kier alpha value is -4.11. The molecule has 2 atom stereocenters. The second-order valence-electron chi connectivity index (χ2n) is 7.44. The Morgan fingerprint density at radius 2 is 1.80 bits per heavy atom. The van der Waals surface area contributed by atoms with Crippen molar-refractivity contribution in [3.05, 3.63) is 95.1 Å². The lowest BCUT2D eigenvalue weighted by atomic mass is 9.88. The summed E-state index contributed by atoms with van der Waals surface area (Å²) >= 11 is 0. The monoisotopic (exact) mass is 396 g/mol. The van der Waals surface area contributed by atoms with Crippen LogP contribution in [0.4, 0.5) is 0 Å². The number of amides is 1. The first-order chi connectivity index (χ1) is 14.5. The molecule has 148 valence electrons. The number of hydrogen-bond donors (Lipinski definition) is 3. The minimum absolute atomic E-state index is 0.0164. The highest BCUT2D eigenvalue weighted by Gasteiger charge is 2.60. The quantitative estimate of drug-likeness (QED) is 0.265. The molecule has 1 amide bonds. The van der Waals surface area contributed by atoms with Crippen LogP contribution in [0, 0.1) is 11.3 Å². The van der Waals surface area contributed by atoms with E-state index in [2.05, 4.69) is 11.2 Å². The van der Waals surface area contributed by atoms with Crippen molar-refractivity contribution in [1.29, 1.82) is 5.26 Å². The third kappa shape index (κ3) is 3.07. The molecule has 3 aromatic rings. The van der Waals surface area contributed by atoms with E-state index in [4.69, 9.17) is 16.7 Å². The molecule has 2 unspecified atom stereocenters. The molecule has 0 aromatic heterocycles. The van der Waals surface area contributed by atoms with Gasteiger partial charge in [0.25, 0.3) is 0 Å². The van der Waals surface area contributed by atoms with Crippen molar-refractivity contribution in [2.75, 3.05) is 0 Å². The van der Waals surface area contributed by atoms with Crippen molar-refractivity contribution >= 4 is 11.7 Å². The highest BCUT2D eigenvalue weighted by atomic mass is 16.4. The number of rotatable bonds is 5. The Balaban J connectivity index is 1.69. The van der Waals surface area contributed by atoms with Gasteiger partial charge in [0.2, 0.25) is 5.91 Å². The third-order valence-electron chi connectivity index (χ3n) is 5.85. The number of amidine groups is 1. The van der Waals surface area contributed by atoms with Gasteiger partial charge in [-0.3, -0.25) is 4.79 Å². The normalized spacial score (nSPS) is 20.4. The summed E-state index contributed by atoms with van der Waals surface area (Å²) in [6.45, 7) is 0. The average Bonchev–Trinajstić information content (AvgIpc) is 3.56. The summed E-state index contributed by atoms with van der Waals surface area (Å²) < 4.78 is 0. The standard InChI is InChI=1S/C24H20N4O2/c25-14-18-4-1-2-7-20(18)15-8-10-19(11-9-15)24(23(27)29)13-21(24)16-5-3-6-17(12-16)22(26)28-30/h1-12,21,30H,13H2,(H2,26,28)(H2,27,29). The minimum Gasteiger partial charge on any atom is -0.409 e. The van der Waals surface area contributed by atoms with Crippen LogP contribution in [0.15, 0.2) is 78.0 Å². The lowest BCUT2D eigenvalue weighted by Gasteiger charge is -2.16. The summed E-state index contributed by atoms with van der Waals surface area (Å²) in [5.41, 5.74) is 15.4. The van der Waals surface area contributed by atoms with E-state index in [9.17, 15) is 10.1 Å². The molecular weight excluding hydrogens is 376 g/mol. The molecule has 0 heterocycles. The van der Waals surface area contributed by atoms with E-state index < -0.39 is 5.41 Å². The van der Waals surface area contributed by atoms with E-state index in [0.29, 0.717) is 17.5 Å². The Kier molecular flexibility index (Phi) is 4.72. The molecule has 0 spiro atoms. The van der Waals surface area contributed by atoms with E-state index in [1.165, 1.54) is 0 Å². The zero-order valence-corrected chi connectivity index (χ0v) is 16.1. The van der Waals surface area contributed by atoms with Crippen molar-refractivity contribution in [1.82, 2.24) is 0 Å². The van der Waals surface area contributed by atoms with Gasteiger partial charge < -0.3 is 16.7 Å². The lowest BCUT2D eigenvalue weighted by molar-refractivity contribution is -0.120. The molecule has 0 aliphatic heterocycles. The second kappa shape index (κ2) is 7.37. The molecule has 6 nitrogen and oxygen atoms in total. The van der Waals surface area contributed by atoms with Gasteiger partial charge in [0.05, 0.1) is 17.0 Å². The molecule has 6 heteroatoms. The fraction of sp³-hybridized carbons (Fsp3) is 0.125. The molecule has 5 N–H and O–H groups in total. The Labute approximate surface area is 174 Å². The van der Waals surface area contributed by atoms with Gasteiger partial charge in [-0.15, -0.1) is 0 Å². The van der Waals surface area contributed by atoms with Crippen LogP contribution in [0.5, 0.6) is 0 Å². The van der Waals surface area contributed by atoms with Gasteiger partial charge in [-0.1, -0.05) is 65.8 Å². The van der Waals surface area contributed by atoms with E-state index in [1.807, 2.05) is 60.7 Å². The summed E-state index contributed by atoms with van der Waals surface area (Å²) in [5, 5.41) is 21.3. The van der Waals surface area contributed by atoms with Gasteiger partial charge in [0.15, 0.2) is 5.84 Å². The summed E-state index contributed by atoms with van der Waals surface area (Å²) in [5.74, 6) is -0.451. The number of oxime groups is 1. The van der Waals surface area contributed by atoms with Gasteiger partial charge in [-0.05, 0) is 40.8 Å². The molecule has 0 bridgehead atoms. The fourth-order valence-electron chi connectivity index (χ4n) is 4.15. The van der Waals surface area contributed by atoms with Crippen LogP contribution in [0.25, 0.3) is 11.1 Å². The van der Waals surface area contributed by atoms with Crippen LogP contribution < -0.4 is 11.5 Å². The highest BCUT2D eigenvalue weighted by Crippen LogP contribution is 2.60. The first-order valence-electron chi connectivity index (χ1n) is 9.49. The topological polar surface area (TPSA) is 125 Å². The Morgan fingerprint density at radius 3 is 2.47 bits per heavy atom. The predicted molar refractivity (Wildman–Crippen MR) is 114 cm³/mol. The van der Waals surface area contributed by atoms with Gasteiger partial charge >= 0.3 is 0 Å². The minimum atomic E-state index is -0.795. The van der Waals surface area contributed by atoms with Crippen LogP contribution in [0.3, 0.4) is 0 Å². The number of nitrogens with zero attached hydrogens (tertiary/aromatic N) is 2. The first kappa shape index (κ1) is 19.2. The number of nitriles is 1. The maximum atomic E-state index is 12.5. The fourth-order valence-corrected chi connectivity index (χ4v) is 4.15. The molecular formula is C24H20N4O2. The van der Waals surface area contributed by atoms with Crippen molar-refractivity contribution in [2.24, 2.45) is 16.6 Å². The van der Waals surface area contributed by atoms with Gasteiger partial charge in [-0.2, -0.15) is 5.26 Å². The summed E-state index contributed by atoms with van der Waals surface area (Å²) in [4.78, 5) is 12.5. The molecule has 1 saturated carbocycles. The maximum absolute atomic E-state index is 12.5. The van der Waals surface area contributed by atoms with E-state index in [0.717, 1.165) is 22.3 Å².